The largest absolute Gasteiger partial charge is 0.493 e. The van der Waals surface area contributed by atoms with Crippen molar-refractivity contribution in [3.8, 4) is 5.75 Å². The lowest BCUT2D eigenvalue weighted by atomic mass is 9.91. The Morgan fingerprint density at radius 3 is 2.92 bits per heavy atom. The molecule has 1 fully saturated rings. The highest BCUT2D eigenvalue weighted by atomic mass is 16.5. The van der Waals surface area contributed by atoms with E-state index in [1.807, 2.05) is 41.3 Å². The third-order valence-electron chi connectivity index (χ3n) is 5.10. The van der Waals surface area contributed by atoms with Gasteiger partial charge in [-0.15, -0.1) is 0 Å². The fraction of sp³-hybridized carbons (Fsp3) is 0.474. The Hall–Kier alpha value is -2.30. The van der Waals surface area contributed by atoms with Crippen LogP contribution in [0.4, 0.5) is 0 Å². The first-order chi connectivity index (χ1) is 11.8. The second-order valence-corrected chi connectivity index (χ2v) is 6.74. The van der Waals surface area contributed by atoms with Gasteiger partial charge in [-0.25, -0.2) is 0 Å². The van der Waals surface area contributed by atoms with Crippen LogP contribution in [-0.2, 0) is 6.42 Å². The number of ether oxygens (including phenoxy) is 1. The van der Waals surface area contributed by atoms with Crippen LogP contribution >= 0.6 is 0 Å². The summed E-state index contributed by atoms with van der Waals surface area (Å²) in [5.41, 5.74) is 1.89. The summed E-state index contributed by atoms with van der Waals surface area (Å²) in [4.78, 5) is 12.5. The normalized spacial score (nSPS) is 23.2. The number of amides is 1. The van der Waals surface area contributed by atoms with Crippen LogP contribution in [0.2, 0.25) is 0 Å². The van der Waals surface area contributed by atoms with Gasteiger partial charge in [0.05, 0.1) is 12.6 Å². The summed E-state index contributed by atoms with van der Waals surface area (Å²) in [7, 11) is 0. The zero-order valence-corrected chi connectivity index (χ0v) is 13.8. The number of benzene rings is 1. The van der Waals surface area contributed by atoms with Crippen molar-refractivity contribution in [2.75, 3.05) is 6.61 Å². The second kappa shape index (κ2) is 6.67. The molecule has 5 nitrogen and oxygen atoms in total. The first-order valence-corrected chi connectivity index (χ1v) is 8.85. The Labute approximate surface area is 142 Å². The van der Waals surface area contributed by atoms with Crippen molar-refractivity contribution in [2.24, 2.45) is 0 Å². The van der Waals surface area contributed by atoms with Gasteiger partial charge in [0, 0.05) is 24.0 Å². The lowest BCUT2D eigenvalue weighted by Crippen LogP contribution is -2.38. The monoisotopic (exact) mass is 325 g/mol. The molecule has 1 aromatic carbocycles. The summed E-state index contributed by atoms with van der Waals surface area (Å²) >= 11 is 0. The third kappa shape index (κ3) is 3.16. The molecule has 1 aromatic heterocycles. The minimum atomic E-state index is 0.0333. The Bertz CT molecular complexity index is 703. The first kappa shape index (κ1) is 15.2. The number of carbonyl (C=O) groups excluding carboxylic acids is 1. The van der Waals surface area contributed by atoms with Crippen LogP contribution in [0, 0.1) is 0 Å². The highest BCUT2D eigenvalue weighted by Crippen LogP contribution is 2.29. The van der Waals surface area contributed by atoms with Crippen molar-refractivity contribution in [1.29, 1.82) is 0 Å². The van der Waals surface area contributed by atoms with Gasteiger partial charge in [0.2, 0.25) is 0 Å². The first-order valence-electron chi connectivity index (χ1n) is 8.85. The van der Waals surface area contributed by atoms with E-state index in [0.717, 1.165) is 62.0 Å². The maximum atomic E-state index is 12.5. The molecule has 1 N–H and O–H groups in total. The minimum absolute atomic E-state index is 0.0333. The van der Waals surface area contributed by atoms with Crippen LogP contribution in [0.5, 0.6) is 5.75 Å². The molecular weight excluding hydrogens is 302 g/mol. The lowest BCUT2D eigenvalue weighted by Gasteiger charge is -2.29. The zero-order chi connectivity index (χ0) is 16.4. The van der Waals surface area contributed by atoms with Crippen molar-refractivity contribution in [1.82, 2.24) is 15.1 Å². The number of hydrogen-bond acceptors (Lipinski definition) is 3. The van der Waals surface area contributed by atoms with Gasteiger partial charge < -0.3 is 10.1 Å². The fourth-order valence-electron chi connectivity index (χ4n) is 3.75. The molecule has 5 heteroatoms. The fourth-order valence-corrected chi connectivity index (χ4v) is 3.75. The number of aromatic nitrogens is 2. The molecule has 0 atom stereocenters. The molecule has 0 unspecified atom stereocenters. The van der Waals surface area contributed by atoms with Gasteiger partial charge in [0.1, 0.15) is 5.75 Å². The third-order valence-corrected chi connectivity index (χ3v) is 5.10. The van der Waals surface area contributed by atoms with E-state index in [1.54, 1.807) is 0 Å². The molecule has 4 rings (SSSR count). The summed E-state index contributed by atoms with van der Waals surface area (Å²) in [6.07, 6.45) is 10.00. The number of nitrogens with one attached hydrogen (secondary N) is 1. The van der Waals surface area contributed by atoms with Crippen LogP contribution in [0.15, 0.2) is 36.7 Å². The van der Waals surface area contributed by atoms with Crippen molar-refractivity contribution >= 4 is 5.91 Å². The molecule has 0 radical (unpaired) electrons. The van der Waals surface area contributed by atoms with Crippen molar-refractivity contribution in [3.05, 3.63) is 47.8 Å². The van der Waals surface area contributed by atoms with E-state index in [0.29, 0.717) is 6.04 Å². The molecule has 1 aliphatic heterocycles. The Balaban J connectivity index is 1.35. The molecule has 1 amide bonds. The summed E-state index contributed by atoms with van der Waals surface area (Å²) in [6, 6.07) is 8.48. The molecule has 2 heterocycles. The number of nitrogens with zero attached hydrogens (tertiary/aromatic N) is 2. The molecule has 2 aliphatic rings. The van der Waals surface area contributed by atoms with Crippen LogP contribution in [0.3, 0.4) is 0 Å². The van der Waals surface area contributed by atoms with Crippen LogP contribution in [0.25, 0.3) is 0 Å². The van der Waals surface area contributed by atoms with Crippen molar-refractivity contribution in [3.63, 3.8) is 0 Å². The molecule has 1 saturated carbocycles. The molecule has 0 spiro atoms. The summed E-state index contributed by atoms with van der Waals surface area (Å²) in [5.74, 6) is 0.962. The van der Waals surface area contributed by atoms with Crippen LogP contribution < -0.4 is 10.1 Å². The van der Waals surface area contributed by atoms with Gasteiger partial charge in [-0.2, -0.15) is 5.10 Å². The van der Waals surface area contributed by atoms with Gasteiger partial charge >= 0.3 is 0 Å². The predicted octanol–water partition coefficient (Wildman–Crippen LogP) is 3.12. The van der Waals surface area contributed by atoms with Gasteiger partial charge in [0.25, 0.3) is 5.91 Å². The molecule has 0 saturated heterocycles. The van der Waals surface area contributed by atoms with E-state index in [9.17, 15) is 4.79 Å². The Kier molecular flexibility index (Phi) is 4.24. The average Bonchev–Trinajstić information content (AvgIpc) is 3.16. The maximum Gasteiger partial charge on any atom is 0.251 e. The molecule has 1 aliphatic carbocycles. The summed E-state index contributed by atoms with van der Waals surface area (Å²) in [6.45, 7) is 0.776. The predicted molar refractivity (Wildman–Crippen MR) is 91.2 cm³/mol. The quantitative estimate of drug-likeness (QED) is 0.943. The summed E-state index contributed by atoms with van der Waals surface area (Å²) in [5, 5.41) is 7.53. The van der Waals surface area contributed by atoms with Gasteiger partial charge in [-0.3, -0.25) is 9.48 Å². The van der Waals surface area contributed by atoms with Gasteiger partial charge in [-0.05, 0) is 68.4 Å². The minimum Gasteiger partial charge on any atom is -0.493 e. The molecule has 126 valence electrons. The smallest absolute Gasteiger partial charge is 0.251 e. The molecule has 0 bridgehead atoms. The van der Waals surface area contributed by atoms with E-state index >= 15 is 0 Å². The second-order valence-electron chi connectivity index (χ2n) is 6.74. The maximum absolute atomic E-state index is 12.5. The average molecular weight is 325 g/mol. The van der Waals surface area contributed by atoms with E-state index in [1.165, 1.54) is 0 Å². The number of aryl methyl sites for hydroxylation is 1. The van der Waals surface area contributed by atoms with Crippen molar-refractivity contribution in [2.45, 2.75) is 50.6 Å². The number of hydrogen-bond donors (Lipinski definition) is 1. The topological polar surface area (TPSA) is 56.2 Å². The van der Waals surface area contributed by atoms with E-state index in [2.05, 4.69) is 10.4 Å². The number of carbonyl (C=O) groups is 1. The molecule has 24 heavy (non-hydrogen) atoms. The highest BCUT2D eigenvalue weighted by Gasteiger charge is 2.24. The molecule has 2 aromatic rings. The molecular formula is C19H23N3O2. The Morgan fingerprint density at radius 1 is 1.25 bits per heavy atom. The van der Waals surface area contributed by atoms with Crippen LogP contribution in [0.1, 0.15) is 54.1 Å². The van der Waals surface area contributed by atoms with E-state index in [4.69, 9.17) is 4.74 Å². The van der Waals surface area contributed by atoms with E-state index < -0.39 is 0 Å². The standard InChI is InChI=1S/C19H23N3O2/c23-19(15-4-9-18-14(13-15)3-1-12-24-18)21-16-5-7-17(8-6-16)22-11-2-10-20-22/h2,4,9-11,13,16-17H,1,3,5-8,12H2,(H,21,23). The lowest BCUT2D eigenvalue weighted by molar-refractivity contribution is 0.0921. The number of fused-ring (bicyclic) bond motifs is 1. The Morgan fingerprint density at radius 2 is 2.12 bits per heavy atom. The van der Waals surface area contributed by atoms with Gasteiger partial charge in [-0.1, -0.05) is 0 Å². The summed E-state index contributed by atoms with van der Waals surface area (Å²) < 4.78 is 7.66. The van der Waals surface area contributed by atoms with Crippen molar-refractivity contribution < 1.29 is 9.53 Å². The van der Waals surface area contributed by atoms with Crippen LogP contribution in [-0.4, -0.2) is 28.3 Å². The van der Waals surface area contributed by atoms with E-state index in [-0.39, 0.29) is 11.9 Å². The zero-order valence-electron chi connectivity index (χ0n) is 13.8. The highest BCUT2D eigenvalue weighted by molar-refractivity contribution is 5.94. The SMILES string of the molecule is O=C(NC1CCC(n2cccn2)CC1)c1ccc2c(c1)CCCO2. The number of rotatable bonds is 3. The van der Waals surface area contributed by atoms with Gasteiger partial charge in [0.15, 0.2) is 0 Å².